The maximum Gasteiger partial charge on any atom is 0.119 e. The number of ether oxygens (including phenoxy) is 1. The summed E-state index contributed by atoms with van der Waals surface area (Å²) in [5.41, 5.74) is 0. The van der Waals surface area contributed by atoms with E-state index in [1.807, 2.05) is 30.3 Å². The number of hydrogen-bond donors (Lipinski definition) is 1. The lowest BCUT2D eigenvalue weighted by atomic mass is 10.1. The molecule has 0 bridgehead atoms. The van der Waals surface area contributed by atoms with Crippen LogP contribution in [0, 0.1) is 0 Å². The summed E-state index contributed by atoms with van der Waals surface area (Å²) < 4.78 is 5.73. The highest BCUT2D eigenvalue weighted by molar-refractivity contribution is 5.20. The van der Waals surface area contributed by atoms with Gasteiger partial charge in [0.1, 0.15) is 12.4 Å². The molecule has 3 nitrogen and oxygen atoms in total. The first-order valence-corrected chi connectivity index (χ1v) is 7.02. The number of rotatable bonds is 6. The van der Waals surface area contributed by atoms with E-state index in [1.54, 1.807) is 0 Å². The zero-order chi connectivity index (χ0) is 12.6. The van der Waals surface area contributed by atoms with Crippen molar-refractivity contribution in [3.63, 3.8) is 0 Å². The lowest BCUT2D eigenvalue weighted by Crippen LogP contribution is -2.43. The Morgan fingerprint density at radius 1 is 1.22 bits per heavy atom. The van der Waals surface area contributed by atoms with Crippen LogP contribution >= 0.6 is 0 Å². The number of piperidine rings is 1. The van der Waals surface area contributed by atoms with Crippen molar-refractivity contribution in [3.05, 3.63) is 30.3 Å². The molecule has 0 aromatic heterocycles. The number of likely N-dealkylation sites (tertiary alicyclic amines) is 1. The SMILES string of the molecule is CCNC1CCN(CCOc2ccccc2)CC1. The Morgan fingerprint density at radius 3 is 2.61 bits per heavy atom. The molecule has 0 amide bonds. The van der Waals surface area contributed by atoms with Crippen LogP contribution in [0.25, 0.3) is 0 Å². The third-order valence-corrected chi connectivity index (χ3v) is 3.50. The molecule has 0 spiro atoms. The summed E-state index contributed by atoms with van der Waals surface area (Å²) in [5, 5.41) is 3.53. The van der Waals surface area contributed by atoms with Crippen molar-refractivity contribution in [3.8, 4) is 5.75 Å². The molecule has 1 fully saturated rings. The second kappa shape index (κ2) is 7.39. The zero-order valence-corrected chi connectivity index (χ0v) is 11.3. The van der Waals surface area contributed by atoms with Gasteiger partial charge in [-0.25, -0.2) is 0 Å². The predicted octanol–water partition coefficient (Wildman–Crippen LogP) is 2.14. The van der Waals surface area contributed by atoms with E-state index in [-0.39, 0.29) is 0 Å². The minimum absolute atomic E-state index is 0.723. The molecular weight excluding hydrogens is 224 g/mol. The van der Waals surface area contributed by atoms with E-state index in [2.05, 4.69) is 17.1 Å². The van der Waals surface area contributed by atoms with Gasteiger partial charge in [-0.15, -0.1) is 0 Å². The van der Waals surface area contributed by atoms with Crippen molar-refractivity contribution in [1.82, 2.24) is 10.2 Å². The van der Waals surface area contributed by atoms with Gasteiger partial charge in [0, 0.05) is 12.6 Å². The summed E-state index contributed by atoms with van der Waals surface area (Å²) in [6.07, 6.45) is 2.53. The molecule has 0 aliphatic carbocycles. The minimum Gasteiger partial charge on any atom is -0.492 e. The second-order valence-electron chi connectivity index (χ2n) is 4.84. The molecule has 100 valence electrons. The Bertz CT molecular complexity index is 321. The number of benzene rings is 1. The third-order valence-electron chi connectivity index (χ3n) is 3.50. The fourth-order valence-corrected chi connectivity index (χ4v) is 2.46. The third kappa shape index (κ3) is 4.31. The topological polar surface area (TPSA) is 24.5 Å². The van der Waals surface area contributed by atoms with Crippen LogP contribution in [-0.2, 0) is 0 Å². The van der Waals surface area contributed by atoms with Crippen LogP contribution in [0.5, 0.6) is 5.75 Å². The van der Waals surface area contributed by atoms with Gasteiger partial charge >= 0.3 is 0 Å². The Morgan fingerprint density at radius 2 is 1.94 bits per heavy atom. The summed E-state index contributed by atoms with van der Waals surface area (Å²) in [6, 6.07) is 10.8. The number of nitrogens with zero attached hydrogens (tertiary/aromatic N) is 1. The zero-order valence-electron chi connectivity index (χ0n) is 11.3. The molecule has 0 radical (unpaired) electrons. The largest absolute Gasteiger partial charge is 0.492 e. The van der Waals surface area contributed by atoms with Gasteiger partial charge in [0.25, 0.3) is 0 Å². The number of nitrogens with one attached hydrogen (secondary N) is 1. The van der Waals surface area contributed by atoms with Gasteiger partial charge in [-0.3, -0.25) is 4.90 Å². The number of para-hydroxylation sites is 1. The van der Waals surface area contributed by atoms with Crippen molar-refractivity contribution in [2.75, 3.05) is 32.8 Å². The molecule has 1 aliphatic heterocycles. The first-order chi connectivity index (χ1) is 8.88. The molecule has 1 aliphatic rings. The molecule has 1 aromatic rings. The van der Waals surface area contributed by atoms with Crippen molar-refractivity contribution in [2.45, 2.75) is 25.8 Å². The van der Waals surface area contributed by atoms with Gasteiger partial charge < -0.3 is 10.1 Å². The summed E-state index contributed by atoms with van der Waals surface area (Å²) in [7, 11) is 0. The fourth-order valence-electron chi connectivity index (χ4n) is 2.46. The lowest BCUT2D eigenvalue weighted by molar-refractivity contribution is 0.165. The van der Waals surface area contributed by atoms with Crippen molar-refractivity contribution in [2.24, 2.45) is 0 Å². The van der Waals surface area contributed by atoms with Gasteiger partial charge in [0.2, 0.25) is 0 Å². The minimum atomic E-state index is 0.723. The Balaban J connectivity index is 1.61. The molecule has 0 atom stereocenters. The fraction of sp³-hybridized carbons (Fsp3) is 0.600. The van der Waals surface area contributed by atoms with E-state index in [9.17, 15) is 0 Å². The van der Waals surface area contributed by atoms with Gasteiger partial charge in [-0.05, 0) is 44.6 Å². The highest BCUT2D eigenvalue weighted by Gasteiger charge is 2.17. The average molecular weight is 248 g/mol. The molecule has 18 heavy (non-hydrogen) atoms. The van der Waals surface area contributed by atoms with E-state index < -0.39 is 0 Å². The Kier molecular flexibility index (Phi) is 5.49. The van der Waals surface area contributed by atoms with Gasteiger partial charge in [0.15, 0.2) is 0 Å². The first kappa shape index (κ1) is 13.4. The Hall–Kier alpha value is -1.06. The molecule has 1 N–H and O–H groups in total. The van der Waals surface area contributed by atoms with Crippen LogP contribution in [0.15, 0.2) is 30.3 Å². The van der Waals surface area contributed by atoms with Crippen LogP contribution < -0.4 is 10.1 Å². The van der Waals surface area contributed by atoms with Crippen molar-refractivity contribution < 1.29 is 4.74 Å². The highest BCUT2D eigenvalue weighted by atomic mass is 16.5. The molecule has 0 unspecified atom stereocenters. The van der Waals surface area contributed by atoms with E-state index in [4.69, 9.17) is 4.74 Å². The molecule has 1 heterocycles. The molecule has 1 aromatic carbocycles. The summed E-state index contributed by atoms with van der Waals surface area (Å²) >= 11 is 0. The van der Waals surface area contributed by atoms with Gasteiger partial charge in [-0.2, -0.15) is 0 Å². The molecule has 1 saturated heterocycles. The summed E-state index contributed by atoms with van der Waals surface area (Å²) in [6.45, 7) is 7.47. The average Bonchev–Trinajstić information content (AvgIpc) is 2.42. The quantitative estimate of drug-likeness (QED) is 0.835. The van der Waals surface area contributed by atoms with E-state index in [0.29, 0.717) is 0 Å². The van der Waals surface area contributed by atoms with Crippen LogP contribution in [0.1, 0.15) is 19.8 Å². The van der Waals surface area contributed by atoms with Crippen LogP contribution in [-0.4, -0.2) is 43.7 Å². The first-order valence-electron chi connectivity index (χ1n) is 7.02. The van der Waals surface area contributed by atoms with E-state index >= 15 is 0 Å². The highest BCUT2D eigenvalue weighted by Crippen LogP contribution is 2.11. The number of hydrogen-bond acceptors (Lipinski definition) is 3. The van der Waals surface area contributed by atoms with Crippen molar-refractivity contribution in [1.29, 1.82) is 0 Å². The lowest BCUT2D eigenvalue weighted by Gasteiger charge is -2.32. The van der Waals surface area contributed by atoms with E-state index in [1.165, 1.54) is 25.9 Å². The predicted molar refractivity (Wildman–Crippen MR) is 75.1 cm³/mol. The molecule has 0 saturated carbocycles. The van der Waals surface area contributed by atoms with Crippen LogP contribution in [0.2, 0.25) is 0 Å². The normalized spacial score (nSPS) is 17.8. The van der Waals surface area contributed by atoms with Gasteiger partial charge in [0.05, 0.1) is 0 Å². The van der Waals surface area contributed by atoms with Crippen LogP contribution in [0.4, 0.5) is 0 Å². The Labute approximate surface area is 110 Å². The maximum atomic E-state index is 5.73. The van der Waals surface area contributed by atoms with Crippen LogP contribution in [0.3, 0.4) is 0 Å². The van der Waals surface area contributed by atoms with E-state index in [0.717, 1.165) is 31.5 Å². The molecular formula is C15H24N2O. The monoisotopic (exact) mass is 248 g/mol. The van der Waals surface area contributed by atoms with Gasteiger partial charge in [-0.1, -0.05) is 25.1 Å². The molecule has 3 heteroatoms. The second-order valence-corrected chi connectivity index (χ2v) is 4.84. The van der Waals surface area contributed by atoms with Crippen molar-refractivity contribution >= 4 is 0 Å². The standard InChI is InChI=1S/C15H24N2O/c1-2-16-14-8-10-17(11-9-14)12-13-18-15-6-4-3-5-7-15/h3-7,14,16H,2,8-13H2,1H3. The maximum absolute atomic E-state index is 5.73. The molecule has 2 rings (SSSR count). The smallest absolute Gasteiger partial charge is 0.119 e. The summed E-state index contributed by atoms with van der Waals surface area (Å²) in [4.78, 5) is 2.50. The summed E-state index contributed by atoms with van der Waals surface area (Å²) in [5.74, 6) is 0.972.